The highest BCUT2D eigenvalue weighted by Crippen LogP contribution is 2.44. The van der Waals surface area contributed by atoms with Crippen LogP contribution in [-0.2, 0) is 14.2 Å². The molecule has 148 valence electrons. The molecule has 0 bridgehead atoms. The van der Waals surface area contributed by atoms with Gasteiger partial charge < -0.3 is 19.3 Å². The number of nitrogens with zero attached hydrogens (tertiary/aromatic N) is 3. The van der Waals surface area contributed by atoms with Gasteiger partial charge in [0, 0.05) is 10.9 Å². The Morgan fingerprint density at radius 3 is 2.52 bits per heavy atom. The van der Waals surface area contributed by atoms with E-state index in [1.54, 1.807) is 13.8 Å². The first-order valence-electron chi connectivity index (χ1n) is 8.28. The van der Waals surface area contributed by atoms with E-state index in [-0.39, 0.29) is 17.6 Å². The number of aromatic nitrogens is 3. The average molecular weight is 391 g/mol. The van der Waals surface area contributed by atoms with E-state index in [1.165, 1.54) is 0 Å². The van der Waals surface area contributed by atoms with Gasteiger partial charge in [0.15, 0.2) is 17.7 Å². The van der Waals surface area contributed by atoms with E-state index in [0.717, 1.165) is 10.9 Å². The van der Waals surface area contributed by atoms with Crippen LogP contribution in [0.25, 0.3) is 11.0 Å². The van der Waals surface area contributed by atoms with E-state index < -0.39 is 54.4 Å². The highest BCUT2D eigenvalue weighted by molar-refractivity contribution is 5.79. The first-order chi connectivity index (χ1) is 12.7. The maximum Gasteiger partial charge on any atom is 0.280 e. The van der Waals surface area contributed by atoms with Gasteiger partial charge in [-0.2, -0.15) is 5.10 Å². The Hall–Kier alpha value is -1.82. The number of hydrogen-bond acceptors (Lipinski definition) is 6. The Kier molecular flexibility index (Phi) is 4.37. The molecule has 0 aromatic carbocycles. The SMILES string of the molecule is CC1(C)OC2C(CO)OC(n3ncc4c(C(F)F)cc(C(F)F)nc43)C2O1. The van der Waals surface area contributed by atoms with Crippen LogP contribution in [0.2, 0.25) is 0 Å². The Labute approximate surface area is 150 Å². The molecule has 0 amide bonds. The van der Waals surface area contributed by atoms with Gasteiger partial charge in [0.25, 0.3) is 12.9 Å². The molecule has 1 N–H and O–H groups in total. The van der Waals surface area contributed by atoms with Gasteiger partial charge in [0.05, 0.1) is 12.8 Å². The largest absolute Gasteiger partial charge is 0.394 e. The quantitative estimate of drug-likeness (QED) is 0.808. The van der Waals surface area contributed by atoms with Gasteiger partial charge in [-0.25, -0.2) is 27.2 Å². The molecule has 2 aliphatic rings. The summed E-state index contributed by atoms with van der Waals surface area (Å²) < 4.78 is 71.3. The first kappa shape index (κ1) is 18.5. The van der Waals surface area contributed by atoms with Crippen LogP contribution < -0.4 is 0 Å². The maximum atomic E-state index is 13.3. The van der Waals surface area contributed by atoms with Crippen LogP contribution in [0.15, 0.2) is 12.3 Å². The number of halogens is 4. The lowest BCUT2D eigenvalue weighted by atomic mass is 10.1. The lowest BCUT2D eigenvalue weighted by Crippen LogP contribution is -2.31. The van der Waals surface area contributed by atoms with Gasteiger partial charge in [0.2, 0.25) is 0 Å². The van der Waals surface area contributed by atoms with Crippen molar-refractivity contribution in [3.8, 4) is 0 Å². The molecule has 0 aliphatic carbocycles. The molecule has 4 unspecified atom stereocenters. The minimum Gasteiger partial charge on any atom is -0.394 e. The van der Waals surface area contributed by atoms with Crippen LogP contribution >= 0.6 is 0 Å². The minimum atomic E-state index is -3.03. The zero-order valence-electron chi connectivity index (χ0n) is 14.4. The van der Waals surface area contributed by atoms with Gasteiger partial charge in [0.1, 0.15) is 24.0 Å². The molecule has 0 saturated carbocycles. The van der Waals surface area contributed by atoms with Gasteiger partial charge in [-0.1, -0.05) is 0 Å². The van der Waals surface area contributed by atoms with Gasteiger partial charge >= 0.3 is 0 Å². The van der Waals surface area contributed by atoms with E-state index in [4.69, 9.17) is 14.2 Å². The predicted octanol–water partition coefficient (Wildman–Crippen LogP) is 2.72. The molecule has 11 heteroatoms. The van der Waals surface area contributed by atoms with E-state index in [9.17, 15) is 22.7 Å². The molecule has 4 heterocycles. The fourth-order valence-electron chi connectivity index (χ4n) is 3.54. The fraction of sp³-hybridized carbons (Fsp3) is 0.625. The van der Waals surface area contributed by atoms with Crippen LogP contribution in [0.5, 0.6) is 0 Å². The molecule has 2 fully saturated rings. The molecule has 27 heavy (non-hydrogen) atoms. The summed E-state index contributed by atoms with van der Waals surface area (Å²) in [5, 5.41) is 13.5. The van der Waals surface area contributed by atoms with Crippen LogP contribution in [0.1, 0.15) is 44.2 Å². The molecular weight excluding hydrogens is 374 g/mol. The number of pyridine rings is 1. The Morgan fingerprint density at radius 2 is 1.89 bits per heavy atom. The van der Waals surface area contributed by atoms with E-state index >= 15 is 0 Å². The lowest BCUT2D eigenvalue weighted by molar-refractivity contribution is -0.201. The van der Waals surface area contributed by atoms with Crippen molar-refractivity contribution in [1.29, 1.82) is 0 Å². The van der Waals surface area contributed by atoms with Crippen molar-refractivity contribution < 1.29 is 36.9 Å². The molecule has 2 saturated heterocycles. The van der Waals surface area contributed by atoms with Crippen molar-refractivity contribution in [1.82, 2.24) is 14.8 Å². The third-order valence-corrected chi connectivity index (χ3v) is 4.62. The number of aliphatic hydroxyl groups is 1. The minimum absolute atomic E-state index is 0.0554. The van der Waals surface area contributed by atoms with Crippen LogP contribution in [0.3, 0.4) is 0 Å². The molecule has 2 aromatic rings. The summed E-state index contributed by atoms with van der Waals surface area (Å²) in [6.45, 7) is 2.99. The second-order valence-electron chi connectivity index (χ2n) is 6.88. The fourth-order valence-corrected chi connectivity index (χ4v) is 3.54. The molecule has 2 aliphatic heterocycles. The molecule has 4 atom stereocenters. The van der Waals surface area contributed by atoms with E-state index in [2.05, 4.69) is 10.1 Å². The zero-order chi connectivity index (χ0) is 19.5. The first-order valence-corrected chi connectivity index (χ1v) is 8.28. The van der Waals surface area contributed by atoms with Crippen LogP contribution in [-0.4, -0.2) is 50.6 Å². The highest BCUT2D eigenvalue weighted by atomic mass is 19.3. The summed E-state index contributed by atoms with van der Waals surface area (Å²) in [7, 11) is 0. The highest BCUT2D eigenvalue weighted by Gasteiger charge is 2.56. The summed E-state index contributed by atoms with van der Waals surface area (Å²) in [5.74, 6) is -0.955. The van der Waals surface area contributed by atoms with Crippen molar-refractivity contribution in [3.05, 3.63) is 23.5 Å². The standard InChI is InChI=1S/C16H17F4N3O4/c1-16(2)26-10-9(5-24)25-15(11(10)27-16)23-14-7(4-21-23)6(12(17)18)3-8(22-14)13(19)20/h3-4,9-13,15,24H,5H2,1-2H3. The van der Waals surface area contributed by atoms with Crippen molar-refractivity contribution >= 4 is 11.0 Å². The monoisotopic (exact) mass is 391 g/mol. The molecule has 2 aromatic heterocycles. The van der Waals surface area contributed by atoms with Crippen LogP contribution in [0.4, 0.5) is 17.6 Å². The number of aliphatic hydroxyl groups excluding tert-OH is 1. The Balaban J connectivity index is 1.82. The molecular formula is C16H17F4N3O4. The number of ether oxygens (including phenoxy) is 3. The van der Waals surface area contributed by atoms with Gasteiger partial charge in [-0.3, -0.25) is 0 Å². The predicted molar refractivity (Wildman–Crippen MR) is 82.3 cm³/mol. The van der Waals surface area contributed by atoms with Gasteiger partial charge in [-0.05, 0) is 19.9 Å². The summed E-state index contributed by atoms with van der Waals surface area (Å²) >= 11 is 0. The Morgan fingerprint density at radius 1 is 1.19 bits per heavy atom. The summed E-state index contributed by atoms with van der Waals surface area (Å²) in [6.07, 6.45) is -7.92. The molecule has 0 spiro atoms. The maximum absolute atomic E-state index is 13.3. The molecule has 7 nitrogen and oxygen atoms in total. The molecule has 0 radical (unpaired) electrons. The zero-order valence-corrected chi connectivity index (χ0v) is 14.4. The van der Waals surface area contributed by atoms with Crippen molar-refractivity contribution in [2.75, 3.05) is 6.61 Å². The number of hydrogen-bond donors (Lipinski definition) is 1. The van der Waals surface area contributed by atoms with E-state index in [1.807, 2.05) is 0 Å². The van der Waals surface area contributed by atoms with Crippen molar-refractivity contribution in [3.63, 3.8) is 0 Å². The second kappa shape index (κ2) is 6.36. The van der Waals surface area contributed by atoms with E-state index in [0.29, 0.717) is 6.07 Å². The number of fused-ring (bicyclic) bond motifs is 2. The normalized spacial score (nSPS) is 30.0. The van der Waals surface area contributed by atoms with Crippen molar-refractivity contribution in [2.45, 2.75) is 57.0 Å². The smallest absolute Gasteiger partial charge is 0.280 e. The second-order valence-corrected chi connectivity index (χ2v) is 6.88. The van der Waals surface area contributed by atoms with Crippen molar-refractivity contribution in [2.24, 2.45) is 0 Å². The van der Waals surface area contributed by atoms with Gasteiger partial charge in [-0.15, -0.1) is 0 Å². The molecule has 4 rings (SSSR count). The summed E-state index contributed by atoms with van der Waals surface area (Å²) in [4.78, 5) is 3.80. The summed E-state index contributed by atoms with van der Waals surface area (Å²) in [5.41, 5.74) is -1.53. The Bertz CT molecular complexity index is 860. The summed E-state index contributed by atoms with van der Waals surface area (Å²) in [6, 6.07) is 0.677. The topological polar surface area (TPSA) is 78.6 Å². The number of alkyl halides is 4. The van der Waals surface area contributed by atoms with Crippen LogP contribution in [0, 0.1) is 0 Å². The third kappa shape index (κ3) is 2.98. The average Bonchev–Trinajstić information content (AvgIpc) is 3.23. The lowest BCUT2D eigenvalue weighted by Gasteiger charge is -2.23. The third-order valence-electron chi connectivity index (χ3n) is 4.62. The number of rotatable bonds is 4.